The number of hydrogen-bond donors (Lipinski definition) is 1. The second-order valence-corrected chi connectivity index (χ2v) is 5.10. The fraction of sp³-hybridized carbons (Fsp3) is 0.158. The minimum Gasteiger partial charge on any atom is -0.461 e. The fourth-order valence-corrected chi connectivity index (χ4v) is 2.53. The van der Waals surface area contributed by atoms with Gasteiger partial charge in [-0.2, -0.15) is 5.10 Å². The zero-order chi connectivity index (χ0) is 16.1. The van der Waals surface area contributed by atoms with Gasteiger partial charge in [0.25, 0.3) is 0 Å². The molecule has 23 heavy (non-hydrogen) atoms. The van der Waals surface area contributed by atoms with Crippen LogP contribution in [0.25, 0.3) is 16.8 Å². The van der Waals surface area contributed by atoms with E-state index >= 15 is 0 Å². The minimum atomic E-state index is -0.389. The molecule has 1 aromatic heterocycles. The summed E-state index contributed by atoms with van der Waals surface area (Å²) in [6.07, 6.45) is 11.0. The van der Waals surface area contributed by atoms with Crippen molar-refractivity contribution in [2.45, 2.75) is 13.3 Å². The van der Waals surface area contributed by atoms with Crippen molar-refractivity contribution in [3.05, 3.63) is 72.0 Å². The summed E-state index contributed by atoms with van der Waals surface area (Å²) in [7, 11) is 0. The Morgan fingerprint density at radius 3 is 2.87 bits per heavy atom. The number of hydrogen-bond acceptors (Lipinski definition) is 3. The van der Waals surface area contributed by atoms with E-state index in [-0.39, 0.29) is 5.97 Å². The molecule has 4 heteroatoms. The van der Waals surface area contributed by atoms with E-state index in [1.54, 1.807) is 6.92 Å². The molecule has 0 saturated heterocycles. The van der Waals surface area contributed by atoms with Crippen LogP contribution >= 0.6 is 0 Å². The van der Waals surface area contributed by atoms with Gasteiger partial charge in [0.1, 0.15) is 5.69 Å². The van der Waals surface area contributed by atoms with E-state index in [4.69, 9.17) is 4.74 Å². The monoisotopic (exact) mass is 306 g/mol. The van der Waals surface area contributed by atoms with Crippen LogP contribution in [0.5, 0.6) is 0 Å². The van der Waals surface area contributed by atoms with Gasteiger partial charge in [-0.15, -0.1) is 0 Å². The van der Waals surface area contributed by atoms with Crippen molar-refractivity contribution in [2.75, 3.05) is 6.61 Å². The molecule has 1 N–H and O–H groups in total. The van der Waals surface area contributed by atoms with Crippen molar-refractivity contribution in [3.8, 4) is 11.3 Å². The van der Waals surface area contributed by atoms with E-state index in [2.05, 4.69) is 22.3 Å². The van der Waals surface area contributed by atoms with Crippen molar-refractivity contribution >= 4 is 11.5 Å². The molecule has 0 bridgehead atoms. The van der Waals surface area contributed by atoms with Crippen LogP contribution in [0.4, 0.5) is 0 Å². The third-order valence-electron chi connectivity index (χ3n) is 3.56. The highest BCUT2D eigenvalue weighted by Gasteiger charge is 2.23. The SMILES string of the molecule is CCOC(=O)c1[nH]nc(-c2ccccc2)c1C1=CC=CCC=C1. The number of nitrogens with one attached hydrogen (secondary N) is 1. The maximum absolute atomic E-state index is 12.3. The van der Waals surface area contributed by atoms with Gasteiger partial charge in [0.05, 0.1) is 6.61 Å². The van der Waals surface area contributed by atoms with Gasteiger partial charge in [0, 0.05) is 11.1 Å². The Balaban J connectivity index is 2.16. The summed E-state index contributed by atoms with van der Waals surface area (Å²) in [5.74, 6) is -0.389. The van der Waals surface area contributed by atoms with Crippen molar-refractivity contribution in [1.82, 2.24) is 10.2 Å². The lowest BCUT2D eigenvalue weighted by molar-refractivity contribution is 0.0519. The number of aromatic amines is 1. The van der Waals surface area contributed by atoms with Gasteiger partial charge in [0.15, 0.2) is 5.69 Å². The Morgan fingerprint density at radius 1 is 1.26 bits per heavy atom. The third kappa shape index (κ3) is 3.16. The van der Waals surface area contributed by atoms with Crippen LogP contribution in [-0.2, 0) is 4.74 Å². The third-order valence-corrected chi connectivity index (χ3v) is 3.56. The van der Waals surface area contributed by atoms with E-state index in [0.717, 1.165) is 28.8 Å². The number of esters is 1. The summed E-state index contributed by atoms with van der Waals surface area (Å²) in [5.41, 5.74) is 3.81. The predicted octanol–water partition coefficient (Wildman–Crippen LogP) is 4.15. The van der Waals surface area contributed by atoms with Crippen molar-refractivity contribution in [1.29, 1.82) is 0 Å². The molecule has 0 saturated carbocycles. The largest absolute Gasteiger partial charge is 0.461 e. The molecule has 116 valence electrons. The first-order chi connectivity index (χ1) is 11.3. The number of carbonyl (C=O) groups excluding carboxylic acids is 1. The van der Waals surface area contributed by atoms with Crippen molar-refractivity contribution in [3.63, 3.8) is 0 Å². The summed E-state index contributed by atoms with van der Waals surface area (Å²) in [4.78, 5) is 12.3. The van der Waals surface area contributed by atoms with Gasteiger partial charge >= 0.3 is 5.97 Å². The Hall–Kier alpha value is -2.88. The fourth-order valence-electron chi connectivity index (χ4n) is 2.53. The number of nitrogens with zero attached hydrogens (tertiary/aromatic N) is 1. The average molecular weight is 306 g/mol. The second-order valence-electron chi connectivity index (χ2n) is 5.10. The Morgan fingerprint density at radius 2 is 2.09 bits per heavy atom. The topological polar surface area (TPSA) is 55.0 Å². The van der Waals surface area contributed by atoms with Crippen LogP contribution in [0.2, 0.25) is 0 Å². The highest BCUT2D eigenvalue weighted by Crippen LogP contribution is 2.31. The zero-order valence-electron chi connectivity index (χ0n) is 13.0. The molecule has 3 rings (SSSR count). The summed E-state index contributed by atoms with van der Waals surface area (Å²) in [6, 6.07) is 9.82. The first-order valence-corrected chi connectivity index (χ1v) is 7.66. The smallest absolute Gasteiger partial charge is 0.357 e. The molecule has 0 amide bonds. The number of allylic oxidation sites excluding steroid dienone is 6. The molecule has 2 aromatic rings. The van der Waals surface area contributed by atoms with Crippen molar-refractivity contribution in [2.24, 2.45) is 0 Å². The lowest BCUT2D eigenvalue weighted by Gasteiger charge is -2.07. The number of benzene rings is 1. The van der Waals surface area contributed by atoms with E-state index < -0.39 is 0 Å². The number of aromatic nitrogens is 2. The number of carbonyl (C=O) groups is 1. The average Bonchev–Trinajstić information content (AvgIpc) is 2.84. The molecule has 0 unspecified atom stereocenters. The lowest BCUT2D eigenvalue weighted by atomic mass is 9.98. The Kier molecular flexibility index (Phi) is 4.52. The summed E-state index contributed by atoms with van der Waals surface area (Å²) < 4.78 is 5.16. The van der Waals surface area contributed by atoms with Crippen LogP contribution in [0.15, 0.2) is 60.7 Å². The molecule has 0 aliphatic heterocycles. The van der Waals surface area contributed by atoms with Gasteiger partial charge in [-0.3, -0.25) is 5.10 Å². The molecule has 1 aromatic carbocycles. The van der Waals surface area contributed by atoms with E-state index in [9.17, 15) is 4.79 Å². The summed E-state index contributed by atoms with van der Waals surface area (Å²) in [5, 5.41) is 7.22. The molecule has 1 aliphatic rings. The van der Waals surface area contributed by atoms with Gasteiger partial charge in [-0.1, -0.05) is 60.7 Å². The predicted molar refractivity (Wildman–Crippen MR) is 90.9 cm³/mol. The molecular weight excluding hydrogens is 288 g/mol. The van der Waals surface area contributed by atoms with Gasteiger partial charge in [-0.05, 0) is 18.9 Å². The lowest BCUT2D eigenvalue weighted by Crippen LogP contribution is -2.07. The van der Waals surface area contributed by atoms with E-state index in [1.165, 1.54) is 0 Å². The van der Waals surface area contributed by atoms with Crippen LogP contribution in [0.3, 0.4) is 0 Å². The number of H-pyrrole nitrogens is 1. The Bertz CT molecular complexity index is 783. The van der Waals surface area contributed by atoms with Gasteiger partial charge in [0.2, 0.25) is 0 Å². The quantitative estimate of drug-likeness (QED) is 0.863. The van der Waals surface area contributed by atoms with Gasteiger partial charge < -0.3 is 4.74 Å². The first kappa shape index (κ1) is 15.0. The summed E-state index contributed by atoms with van der Waals surface area (Å²) in [6.45, 7) is 2.12. The van der Waals surface area contributed by atoms with Crippen LogP contribution < -0.4 is 0 Å². The molecule has 1 aliphatic carbocycles. The van der Waals surface area contributed by atoms with Crippen LogP contribution in [0.1, 0.15) is 29.4 Å². The van der Waals surface area contributed by atoms with Gasteiger partial charge in [-0.25, -0.2) is 4.79 Å². The highest BCUT2D eigenvalue weighted by atomic mass is 16.5. The van der Waals surface area contributed by atoms with E-state index in [0.29, 0.717) is 12.3 Å². The molecule has 1 heterocycles. The second kappa shape index (κ2) is 6.92. The first-order valence-electron chi connectivity index (χ1n) is 7.66. The van der Waals surface area contributed by atoms with E-state index in [1.807, 2.05) is 48.6 Å². The summed E-state index contributed by atoms with van der Waals surface area (Å²) >= 11 is 0. The molecule has 0 atom stereocenters. The molecule has 4 nitrogen and oxygen atoms in total. The molecule has 0 spiro atoms. The standard InChI is InChI=1S/C19H18N2O2/c1-2-23-19(22)18-16(14-10-6-3-4-7-11-14)17(20-21-18)15-12-8-5-9-13-15/h3,5-13H,2,4H2,1H3,(H,20,21). The minimum absolute atomic E-state index is 0.326. The maximum Gasteiger partial charge on any atom is 0.357 e. The molecule has 0 radical (unpaired) electrons. The maximum atomic E-state index is 12.3. The zero-order valence-corrected chi connectivity index (χ0v) is 13.0. The number of rotatable bonds is 4. The molecular formula is C19H18N2O2. The normalized spacial score (nSPS) is 13.5. The number of ether oxygens (including phenoxy) is 1. The highest BCUT2D eigenvalue weighted by molar-refractivity contribution is 5.99. The van der Waals surface area contributed by atoms with Crippen molar-refractivity contribution < 1.29 is 9.53 Å². The Labute approximate surface area is 135 Å². The van der Waals surface area contributed by atoms with Crippen LogP contribution in [0, 0.1) is 0 Å². The van der Waals surface area contributed by atoms with Crippen LogP contribution in [-0.4, -0.2) is 22.8 Å². The molecule has 0 fully saturated rings.